The Kier molecular flexibility index (Phi) is 4.74. The summed E-state index contributed by atoms with van der Waals surface area (Å²) >= 11 is 6.12. The average Bonchev–Trinajstić information content (AvgIpc) is 2.70. The van der Waals surface area contributed by atoms with Crippen molar-refractivity contribution < 1.29 is 4.74 Å². The van der Waals surface area contributed by atoms with E-state index in [0.717, 1.165) is 18.1 Å². The Labute approximate surface area is 125 Å². The zero-order chi connectivity index (χ0) is 14.8. The van der Waals surface area contributed by atoms with Crippen molar-refractivity contribution in [3.63, 3.8) is 0 Å². The highest BCUT2D eigenvalue weighted by molar-refractivity contribution is 6.31. The van der Waals surface area contributed by atoms with Crippen LogP contribution < -0.4 is 5.32 Å². The fraction of sp³-hybridized carbons (Fsp3) is 0.500. The Morgan fingerprint density at radius 3 is 2.70 bits per heavy atom. The lowest BCUT2D eigenvalue weighted by Crippen LogP contribution is -2.34. The van der Waals surface area contributed by atoms with Crippen LogP contribution in [0, 0.1) is 0 Å². The van der Waals surface area contributed by atoms with Crippen LogP contribution in [0.2, 0.25) is 5.02 Å². The normalized spacial score (nSPS) is 12.2. The molecule has 0 unspecified atom stereocenters. The summed E-state index contributed by atoms with van der Waals surface area (Å²) in [5, 5.41) is 5.56. The van der Waals surface area contributed by atoms with Crippen LogP contribution in [0.3, 0.4) is 0 Å². The van der Waals surface area contributed by atoms with E-state index in [4.69, 9.17) is 16.3 Å². The van der Waals surface area contributed by atoms with Gasteiger partial charge in [0.2, 0.25) is 0 Å². The molecular weight excluding hydrogens is 272 g/mol. The van der Waals surface area contributed by atoms with Crippen molar-refractivity contribution in [2.75, 3.05) is 13.7 Å². The molecule has 0 aliphatic rings. The largest absolute Gasteiger partial charge is 0.383 e. The molecule has 2 rings (SSSR count). The van der Waals surface area contributed by atoms with Gasteiger partial charge in [-0.05, 0) is 38.5 Å². The van der Waals surface area contributed by atoms with Gasteiger partial charge in [-0.1, -0.05) is 17.7 Å². The van der Waals surface area contributed by atoms with Gasteiger partial charge in [0.1, 0.15) is 0 Å². The van der Waals surface area contributed by atoms with Gasteiger partial charge in [0.25, 0.3) is 0 Å². The Morgan fingerprint density at radius 1 is 1.30 bits per heavy atom. The van der Waals surface area contributed by atoms with E-state index in [1.54, 1.807) is 7.11 Å². The number of fused-ring (bicyclic) bond motifs is 1. The van der Waals surface area contributed by atoms with E-state index in [-0.39, 0.29) is 5.54 Å². The Balaban J connectivity index is 2.34. The van der Waals surface area contributed by atoms with Crippen molar-refractivity contribution in [3.8, 4) is 0 Å². The lowest BCUT2D eigenvalue weighted by atomic mass is 10.1. The molecule has 0 bridgehead atoms. The summed E-state index contributed by atoms with van der Waals surface area (Å²) < 4.78 is 7.39. The Hall–Kier alpha value is -1.03. The van der Waals surface area contributed by atoms with Crippen LogP contribution in [0.4, 0.5) is 0 Å². The molecule has 1 aromatic heterocycles. The van der Waals surface area contributed by atoms with Gasteiger partial charge < -0.3 is 14.6 Å². The van der Waals surface area contributed by atoms with Crippen molar-refractivity contribution >= 4 is 22.5 Å². The minimum atomic E-state index is 0.105. The maximum Gasteiger partial charge on any atom is 0.0641 e. The second-order valence-electron chi connectivity index (χ2n) is 6.11. The van der Waals surface area contributed by atoms with Crippen LogP contribution >= 0.6 is 11.6 Å². The lowest BCUT2D eigenvalue weighted by molar-refractivity contribution is 0.188. The smallest absolute Gasteiger partial charge is 0.0641 e. The van der Waals surface area contributed by atoms with Crippen LogP contribution in [0.25, 0.3) is 10.9 Å². The summed E-state index contributed by atoms with van der Waals surface area (Å²) in [5.74, 6) is 0. The molecule has 20 heavy (non-hydrogen) atoms. The molecule has 0 aliphatic carbocycles. The molecule has 4 heteroatoms. The molecule has 0 saturated carbocycles. The Morgan fingerprint density at radius 2 is 2.05 bits per heavy atom. The zero-order valence-corrected chi connectivity index (χ0v) is 13.4. The number of hydrogen-bond donors (Lipinski definition) is 1. The number of hydrogen-bond acceptors (Lipinski definition) is 2. The van der Waals surface area contributed by atoms with Gasteiger partial charge in [0.05, 0.1) is 6.61 Å². The molecule has 0 aliphatic heterocycles. The van der Waals surface area contributed by atoms with Crippen molar-refractivity contribution in [3.05, 3.63) is 35.0 Å². The first-order valence-corrected chi connectivity index (χ1v) is 7.30. The molecule has 1 N–H and O–H groups in total. The van der Waals surface area contributed by atoms with Gasteiger partial charge in [-0.2, -0.15) is 0 Å². The fourth-order valence-electron chi connectivity index (χ4n) is 2.22. The second kappa shape index (κ2) is 6.17. The second-order valence-corrected chi connectivity index (χ2v) is 6.54. The zero-order valence-electron chi connectivity index (χ0n) is 12.7. The van der Waals surface area contributed by atoms with E-state index in [1.165, 1.54) is 16.5 Å². The maximum atomic E-state index is 6.12. The number of rotatable bonds is 5. The number of benzene rings is 1. The molecule has 0 radical (unpaired) electrons. The summed E-state index contributed by atoms with van der Waals surface area (Å²) in [4.78, 5) is 0. The third kappa shape index (κ3) is 3.75. The molecule has 0 spiro atoms. The molecule has 1 heterocycles. The predicted molar refractivity (Wildman–Crippen MR) is 85.4 cm³/mol. The molecule has 110 valence electrons. The molecule has 2 aromatic rings. The van der Waals surface area contributed by atoms with Gasteiger partial charge in [-0.25, -0.2) is 0 Å². The van der Waals surface area contributed by atoms with Crippen molar-refractivity contribution in [1.82, 2.24) is 9.88 Å². The maximum absolute atomic E-state index is 6.12. The number of aromatic nitrogens is 1. The monoisotopic (exact) mass is 294 g/mol. The number of nitrogens with zero attached hydrogens (tertiary/aromatic N) is 1. The van der Waals surface area contributed by atoms with Gasteiger partial charge in [-0.3, -0.25) is 0 Å². The number of nitrogens with one attached hydrogen (secondary N) is 1. The van der Waals surface area contributed by atoms with Gasteiger partial charge in [0.15, 0.2) is 0 Å². The highest BCUT2D eigenvalue weighted by Crippen LogP contribution is 2.25. The average molecular weight is 295 g/mol. The van der Waals surface area contributed by atoms with E-state index in [0.29, 0.717) is 6.61 Å². The van der Waals surface area contributed by atoms with Crippen molar-refractivity contribution in [1.29, 1.82) is 0 Å². The minimum Gasteiger partial charge on any atom is -0.383 e. The molecule has 0 atom stereocenters. The molecule has 0 saturated heterocycles. The number of halogens is 1. The van der Waals surface area contributed by atoms with Crippen LogP contribution in [-0.2, 0) is 17.8 Å². The van der Waals surface area contributed by atoms with E-state index in [9.17, 15) is 0 Å². The number of ether oxygens (including phenoxy) is 1. The first-order chi connectivity index (χ1) is 9.40. The van der Waals surface area contributed by atoms with Crippen LogP contribution in [0.1, 0.15) is 26.3 Å². The third-order valence-corrected chi connectivity index (χ3v) is 3.51. The van der Waals surface area contributed by atoms with E-state index < -0.39 is 0 Å². The van der Waals surface area contributed by atoms with E-state index in [1.807, 2.05) is 12.1 Å². The highest BCUT2D eigenvalue weighted by atomic mass is 35.5. The minimum absolute atomic E-state index is 0.105. The van der Waals surface area contributed by atoms with Crippen LogP contribution in [-0.4, -0.2) is 23.8 Å². The summed E-state index contributed by atoms with van der Waals surface area (Å²) in [5.41, 5.74) is 2.57. The molecule has 0 fully saturated rings. The quantitative estimate of drug-likeness (QED) is 0.907. The summed E-state index contributed by atoms with van der Waals surface area (Å²) in [7, 11) is 1.72. The molecular formula is C16H23ClN2O. The van der Waals surface area contributed by atoms with Crippen LogP contribution in [0.15, 0.2) is 24.4 Å². The van der Waals surface area contributed by atoms with Gasteiger partial charge in [0, 0.05) is 47.9 Å². The van der Waals surface area contributed by atoms with Crippen LogP contribution in [0.5, 0.6) is 0 Å². The first kappa shape index (κ1) is 15.4. The molecule has 0 amide bonds. The van der Waals surface area contributed by atoms with E-state index in [2.05, 4.69) is 42.9 Å². The summed E-state index contributed by atoms with van der Waals surface area (Å²) in [6.07, 6.45) is 2.19. The topological polar surface area (TPSA) is 26.2 Å². The lowest BCUT2D eigenvalue weighted by Gasteiger charge is -2.20. The van der Waals surface area contributed by atoms with Crippen molar-refractivity contribution in [2.24, 2.45) is 0 Å². The van der Waals surface area contributed by atoms with Crippen molar-refractivity contribution in [2.45, 2.75) is 39.4 Å². The van der Waals surface area contributed by atoms with Gasteiger partial charge >= 0.3 is 0 Å². The van der Waals surface area contributed by atoms with Gasteiger partial charge in [-0.15, -0.1) is 0 Å². The Bertz CT molecular complexity index is 584. The predicted octanol–water partition coefficient (Wildman–Crippen LogP) is 3.83. The highest BCUT2D eigenvalue weighted by Gasteiger charge is 2.13. The van der Waals surface area contributed by atoms with E-state index >= 15 is 0 Å². The third-order valence-electron chi connectivity index (χ3n) is 3.27. The molecule has 3 nitrogen and oxygen atoms in total. The fourth-order valence-corrected chi connectivity index (χ4v) is 2.38. The summed E-state index contributed by atoms with van der Waals surface area (Å²) in [6.45, 7) is 8.91. The molecule has 1 aromatic carbocycles. The summed E-state index contributed by atoms with van der Waals surface area (Å²) in [6, 6.07) is 6.07. The number of methoxy groups -OCH3 is 1. The standard InChI is InChI=1S/C16H23ClN2O/c1-16(2,3)18-10-12-11-19(7-8-20-4)15-9-13(17)5-6-14(12)15/h5-6,9,11,18H,7-8,10H2,1-4H3. The SMILES string of the molecule is COCCn1cc(CNC(C)(C)C)c2ccc(Cl)cc21. The first-order valence-electron chi connectivity index (χ1n) is 6.92.